The molecule has 13 heavy (non-hydrogen) atoms. The predicted molar refractivity (Wildman–Crippen MR) is 49.4 cm³/mol. The van der Waals surface area contributed by atoms with E-state index in [1.807, 2.05) is 13.0 Å². The molecule has 0 aliphatic heterocycles. The van der Waals surface area contributed by atoms with Gasteiger partial charge in [-0.1, -0.05) is 0 Å². The van der Waals surface area contributed by atoms with Gasteiger partial charge in [0.25, 0.3) is 0 Å². The summed E-state index contributed by atoms with van der Waals surface area (Å²) in [6.07, 6.45) is 0. The minimum Gasteiger partial charge on any atom is -0.443 e. The van der Waals surface area contributed by atoms with Crippen LogP contribution in [0, 0.1) is 13.5 Å². The summed E-state index contributed by atoms with van der Waals surface area (Å²) in [7, 11) is 0. The highest BCUT2D eigenvalue weighted by atomic mass is 16.3. The van der Waals surface area contributed by atoms with Crippen LogP contribution in [0.25, 0.3) is 15.9 Å². The summed E-state index contributed by atoms with van der Waals surface area (Å²) in [5.74, 6) is 0.987. The molecule has 2 aromatic rings. The van der Waals surface area contributed by atoms with Crippen LogP contribution in [0.5, 0.6) is 0 Å². The molecule has 2 N–H and O–H groups in total. The monoisotopic (exact) mass is 173 g/mol. The van der Waals surface area contributed by atoms with Crippen LogP contribution in [-0.4, -0.2) is 4.98 Å². The summed E-state index contributed by atoms with van der Waals surface area (Å²) in [4.78, 5) is 7.21. The van der Waals surface area contributed by atoms with Gasteiger partial charge >= 0.3 is 0 Å². The molecule has 0 aliphatic rings. The summed E-state index contributed by atoms with van der Waals surface area (Å²) in [5.41, 5.74) is 6.38. The van der Waals surface area contributed by atoms with Crippen LogP contribution in [0.1, 0.15) is 5.76 Å². The first kappa shape index (κ1) is 7.62. The van der Waals surface area contributed by atoms with Crippen molar-refractivity contribution in [2.75, 3.05) is 5.73 Å². The minimum atomic E-state index is 0.219. The number of hydrogen-bond donors (Lipinski definition) is 1. The number of anilines is 1. The van der Waals surface area contributed by atoms with E-state index >= 15 is 0 Å². The maximum absolute atomic E-state index is 6.84. The van der Waals surface area contributed by atoms with Crippen molar-refractivity contribution in [2.45, 2.75) is 6.92 Å². The van der Waals surface area contributed by atoms with E-state index in [0.717, 1.165) is 11.1 Å². The van der Waals surface area contributed by atoms with Crippen molar-refractivity contribution in [3.63, 3.8) is 0 Å². The van der Waals surface area contributed by atoms with Gasteiger partial charge in [-0.2, -0.15) is 0 Å². The molecular formula is C9H7N3O. The second-order valence-electron chi connectivity index (χ2n) is 2.76. The molecule has 0 spiro atoms. The van der Waals surface area contributed by atoms with E-state index < -0.39 is 0 Å². The zero-order valence-corrected chi connectivity index (χ0v) is 7.03. The van der Waals surface area contributed by atoms with Crippen LogP contribution >= 0.6 is 0 Å². The van der Waals surface area contributed by atoms with Gasteiger partial charge in [0.2, 0.25) is 11.4 Å². The number of aryl methyl sites for hydroxylation is 1. The minimum absolute atomic E-state index is 0.219. The van der Waals surface area contributed by atoms with Gasteiger partial charge in [0, 0.05) is 5.39 Å². The summed E-state index contributed by atoms with van der Waals surface area (Å²) in [6, 6.07) is 3.51. The summed E-state index contributed by atoms with van der Waals surface area (Å²) >= 11 is 0. The van der Waals surface area contributed by atoms with Gasteiger partial charge in [0.15, 0.2) is 0 Å². The fourth-order valence-corrected chi connectivity index (χ4v) is 1.19. The van der Waals surface area contributed by atoms with E-state index in [1.165, 1.54) is 0 Å². The van der Waals surface area contributed by atoms with Gasteiger partial charge in [0.1, 0.15) is 11.6 Å². The average molecular weight is 173 g/mol. The van der Waals surface area contributed by atoms with E-state index in [1.54, 1.807) is 6.07 Å². The highest BCUT2D eigenvalue weighted by Crippen LogP contribution is 2.26. The number of fused-ring (bicyclic) bond motifs is 1. The van der Waals surface area contributed by atoms with Crippen LogP contribution in [0.15, 0.2) is 16.5 Å². The molecule has 2 heterocycles. The summed E-state index contributed by atoms with van der Waals surface area (Å²) in [6.45, 7) is 8.67. The Balaban J connectivity index is 2.82. The number of nitrogens with two attached hydrogens (primary N) is 1. The summed E-state index contributed by atoms with van der Waals surface area (Å²) in [5, 5.41) is 0.817. The van der Waals surface area contributed by atoms with Gasteiger partial charge < -0.3 is 10.2 Å². The van der Waals surface area contributed by atoms with Crippen molar-refractivity contribution >= 4 is 22.6 Å². The lowest BCUT2D eigenvalue weighted by molar-refractivity contribution is 0.568. The Labute approximate surface area is 74.8 Å². The van der Waals surface area contributed by atoms with Crippen LogP contribution in [0.4, 0.5) is 11.5 Å². The maximum Gasteiger partial charge on any atom is 0.228 e. The Morgan fingerprint density at radius 2 is 2.31 bits per heavy atom. The molecule has 4 heteroatoms. The van der Waals surface area contributed by atoms with Gasteiger partial charge in [0.05, 0.1) is 6.57 Å². The number of aromatic nitrogens is 1. The number of rotatable bonds is 0. The largest absolute Gasteiger partial charge is 0.443 e. The van der Waals surface area contributed by atoms with Crippen LogP contribution < -0.4 is 5.73 Å². The van der Waals surface area contributed by atoms with Crippen LogP contribution in [-0.2, 0) is 0 Å². The molecule has 0 aliphatic carbocycles. The third kappa shape index (κ3) is 1.11. The number of pyridine rings is 1. The molecule has 0 atom stereocenters. The molecule has 4 nitrogen and oxygen atoms in total. The highest BCUT2D eigenvalue weighted by Gasteiger charge is 2.06. The highest BCUT2D eigenvalue weighted by molar-refractivity contribution is 5.83. The average Bonchev–Trinajstić information content (AvgIpc) is 2.42. The van der Waals surface area contributed by atoms with Crippen molar-refractivity contribution in [3.05, 3.63) is 29.3 Å². The molecule has 0 radical (unpaired) electrons. The van der Waals surface area contributed by atoms with Crippen molar-refractivity contribution in [2.24, 2.45) is 0 Å². The first-order valence-electron chi connectivity index (χ1n) is 3.75. The van der Waals surface area contributed by atoms with Crippen LogP contribution in [0.2, 0.25) is 0 Å². The second kappa shape index (κ2) is 2.49. The van der Waals surface area contributed by atoms with Gasteiger partial charge in [-0.25, -0.2) is 9.83 Å². The van der Waals surface area contributed by atoms with Crippen molar-refractivity contribution < 1.29 is 4.42 Å². The molecule has 0 amide bonds. The fourth-order valence-electron chi connectivity index (χ4n) is 1.19. The van der Waals surface area contributed by atoms with Crippen molar-refractivity contribution in [3.8, 4) is 0 Å². The SMILES string of the molecule is [C-]#[N+]c1cc2cc(C)oc2nc1N. The molecule has 0 unspecified atom stereocenters. The Morgan fingerprint density at radius 3 is 3.00 bits per heavy atom. The predicted octanol–water partition coefficient (Wildman–Crippen LogP) is 2.27. The molecule has 0 saturated heterocycles. The third-order valence-corrected chi connectivity index (χ3v) is 1.76. The third-order valence-electron chi connectivity index (χ3n) is 1.76. The smallest absolute Gasteiger partial charge is 0.228 e. The van der Waals surface area contributed by atoms with E-state index in [9.17, 15) is 0 Å². The quantitative estimate of drug-likeness (QED) is 0.621. The maximum atomic E-state index is 6.84. The van der Waals surface area contributed by atoms with Gasteiger partial charge in [-0.05, 0) is 19.1 Å². The fraction of sp³-hybridized carbons (Fsp3) is 0.111. The normalized spacial score (nSPS) is 10.2. The molecule has 64 valence electrons. The lowest BCUT2D eigenvalue weighted by atomic mass is 10.3. The Morgan fingerprint density at radius 1 is 1.54 bits per heavy atom. The zero-order valence-electron chi connectivity index (χ0n) is 7.03. The molecule has 0 bridgehead atoms. The molecule has 0 saturated carbocycles. The number of furan rings is 1. The first-order valence-corrected chi connectivity index (χ1v) is 3.75. The van der Waals surface area contributed by atoms with E-state index in [0.29, 0.717) is 11.4 Å². The zero-order chi connectivity index (χ0) is 9.42. The Bertz CT molecular complexity index is 507. The molecule has 2 rings (SSSR count). The molecule has 0 aromatic carbocycles. The van der Waals surface area contributed by atoms with E-state index in [4.69, 9.17) is 16.7 Å². The standard InChI is InChI=1S/C9H7N3O/c1-5-3-6-4-7(11-2)8(10)12-9(6)13-5/h3-4H,1H3,(H2,10,12). The Hall–Kier alpha value is -2.02. The van der Waals surface area contributed by atoms with E-state index in [2.05, 4.69) is 9.83 Å². The lowest BCUT2D eigenvalue weighted by Gasteiger charge is -1.94. The number of hydrogen-bond acceptors (Lipinski definition) is 3. The lowest BCUT2D eigenvalue weighted by Crippen LogP contribution is -1.88. The Kier molecular flexibility index (Phi) is 1.46. The topological polar surface area (TPSA) is 56.4 Å². The van der Waals surface area contributed by atoms with Crippen LogP contribution in [0.3, 0.4) is 0 Å². The number of nitrogen functional groups attached to an aromatic ring is 1. The second-order valence-corrected chi connectivity index (χ2v) is 2.76. The van der Waals surface area contributed by atoms with Gasteiger partial charge in [-0.3, -0.25) is 0 Å². The molecular weight excluding hydrogens is 166 g/mol. The molecule has 2 aromatic heterocycles. The number of nitrogens with zero attached hydrogens (tertiary/aromatic N) is 2. The van der Waals surface area contributed by atoms with Crippen molar-refractivity contribution in [1.82, 2.24) is 4.98 Å². The van der Waals surface area contributed by atoms with E-state index in [-0.39, 0.29) is 5.82 Å². The van der Waals surface area contributed by atoms with Crippen molar-refractivity contribution in [1.29, 1.82) is 0 Å². The molecule has 0 fully saturated rings. The van der Waals surface area contributed by atoms with Gasteiger partial charge in [-0.15, -0.1) is 0 Å². The summed E-state index contributed by atoms with van der Waals surface area (Å²) < 4.78 is 5.25. The first-order chi connectivity index (χ1) is 6.20.